The number of morpholine rings is 1. The van der Waals surface area contributed by atoms with Crippen LogP contribution in [0.2, 0.25) is 0 Å². The quantitative estimate of drug-likeness (QED) is 0.475. The third-order valence-electron chi connectivity index (χ3n) is 5.72. The zero-order valence-corrected chi connectivity index (χ0v) is 19.6. The Kier molecular flexibility index (Phi) is 6.99. The smallest absolute Gasteiger partial charge is 0.125 e. The summed E-state index contributed by atoms with van der Waals surface area (Å²) in [6.45, 7) is 11.2. The topological polar surface area (TPSA) is 62.6 Å². The SMILES string of the molecule is CC=NC(=CC)c1nc2cc(F)ccc2c(Nc2cncc(N3CCOCC3)c2)c1C(C)C. The van der Waals surface area contributed by atoms with Crippen LogP contribution >= 0.6 is 0 Å². The van der Waals surface area contributed by atoms with E-state index in [9.17, 15) is 4.39 Å². The summed E-state index contributed by atoms with van der Waals surface area (Å²) in [6.07, 6.45) is 7.37. The van der Waals surface area contributed by atoms with Crippen LogP contribution < -0.4 is 10.2 Å². The molecule has 3 aromatic rings. The van der Waals surface area contributed by atoms with Crippen LogP contribution in [-0.4, -0.2) is 42.5 Å². The maximum atomic E-state index is 14.1. The normalized spacial score (nSPS) is 15.1. The Labute approximate surface area is 194 Å². The second kappa shape index (κ2) is 10.1. The number of aromatic nitrogens is 2. The first kappa shape index (κ1) is 22.9. The fourth-order valence-corrected chi connectivity index (χ4v) is 4.19. The van der Waals surface area contributed by atoms with E-state index in [0.29, 0.717) is 18.7 Å². The van der Waals surface area contributed by atoms with Crippen LogP contribution in [0.3, 0.4) is 0 Å². The predicted molar refractivity (Wildman–Crippen MR) is 134 cm³/mol. The van der Waals surface area contributed by atoms with E-state index in [0.717, 1.165) is 52.5 Å². The van der Waals surface area contributed by atoms with Crippen molar-refractivity contribution in [3.8, 4) is 0 Å². The number of nitrogens with zero attached hydrogens (tertiary/aromatic N) is 4. The Bertz CT molecular complexity index is 1200. The maximum Gasteiger partial charge on any atom is 0.125 e. The van der Waals surface area contributed by atoms with Crippen LogP contribution in [0.15, 0.2) is 47.7 Å². The number of allylic oxidation sites excluding steroid dienone is 1. The van der Waals surface area contributed by atoms with Crippen molar-refractivity contribution in [2.24, 2.45) is 4.99 Å². The lowest BCUT2D eigenvalue weighted by molar-refractivity contribution is 0.122. The standard InChI is InChI=1S/C26H30FN5O/c1-5-22(29-6-2)26-24(17(3)4)25(21-8-7-18(27)13-23(21)31-26)30-19-14-20(16-28-15-19)32-9-11-33-12-10-32/h5-8,13-17H,9-12H2,1-4H3,(H,30,31). The molecule has 1 aliphatic heterocycles. The Morgan fingerprint density at radius 3 is 2.67 bits per heavy atom. The van der Waals surface area contributed by atoms with E-state index in [1.54, 1.807) is 12.3 Å². The zero-order valence-electron chi connectivity index (χ0n) is 19.6. The van der Waals surface area contributed by atoms with Gasteiger partial charge in [0, 0.05) is 36.3 Å². The number of rotatable bonds is 6. The van der Waals surface area contributed by atoms with Crippen LogP contribution in [-0.2, 0) is 4.74 Å². The fraction of sp³-hybridized carbons (Fsp3) is 0.346. The molecule has 1 aromatic carbocycles. The molecule has 0 spiro atoms. The molecule has 1 fully saturated rings. The highest BCUT2D eigenvalue weighted by Crippen LogP contribution is 2.39. The molecular formula is C26H30FN5O. The van der Waals surface area contributed by atoms with Crippen molar-refractivity contribution >= 4 is 39.9 Å². The molecule has 4 rings (SSSR count). The van der Waals surface area contributed by atoms with E-state index in [-0.39, 0.29) is 11.7 Å². The van der Waals surface area contributed by atoms with E-state index in [1.807, 2.05) is 32.3 Å². The molecule has 7 heteroatoms. The van der Waals surface area contributed by atoms with Gasteiger partial charge in [0.2, 0.25) is 0 Å². The lowest BCUT2D eigenvalue weighted by Gasteiger charge is -2.29. The molecule has 0 amide bonds. The minimum Gasteiger partial charge on any atom is -0.378 e. The molecule has 6 nitrogen and oxygen atoms in total. The molecule has 3 heterocycles. The van der Waals surface area contributed by atoms with Gasteiger partial charge in [-0.05, 0) is 38.0 Å². The third-order valence-corrected chi connectivity index (χ3v) is 5.72. The first-order chi connectivity index (χ1) is 16.0. The van der Waals surface area contributed by atoms with Crippen LogP contribution in [0.5, 0.6) is 0 Å². The van der Waals surface area contributed by atoms with Gasteiger partial charge in [0.25, 0.3) is 0 Å². The summed E-state index contributed by atoms with van der Waals surface area (Å²) in [5.74, 6) is -0.164. The van der Waals surface area contributed by atoms with E-state index < -0.39 is 0 Å². The summed E-state index contributed by atoms with van der Waals surface area (Å²) in [7, 11) is 0. The molecule has 2 aromatic heterocycles. The molecule has 1 aliphatic rings. The van der Waals surface area contributed by atoms with Crippen LogP contribution in [0.25, 0.3) is 16.6 Å². The van der Waals surface area contributed by atoms with Crippen molar-refractivity contribution in [2.45, 2.75) is 33.6 Å². The van der Waals surface area contributed by atoms with Gasteiger partial charge in [-0.1, -0.05) is 19.9 Å². The summed E-state index contributed by atoms with van der Waals surface area (Å²) in [5, 5.41) is 4.45. The number of halogens is 1. The molecule has 0 atom stereocenters. The number of ether oxygens (including phenoxy) is 1. The first-order valence-electron chi connectivity index (χ1n) is 11.3. The van der Waals surface area contributed by atoms with Crippen molar-refractivity contribution in [3.05, 3.63) is 59.8 Å². The van der Waals surface area contributed by atoms with Gasteiger partial charge in [-0.2, -0.15) is 0 Å². The Balaban J connectivity index is 1.88. The molecule has 1 N–H and O–H groups in total. The van der Waals surface area contributed by atoms with Gasteiger partial charge in [0.15, 0.2) is 0 Å². The van der Waals surface area contributed by atoms with Gasteiger partial charge in [-0.25, -0.2) is 9.37 Å². The van der Waals surface area contributed by atoms with Crippen LogP contribution in [0.4, 0.5) is 21.5 Å². The third kappa shape index (κ3) is 4.88. The molecule has 33 heavy (non-hydrogen) atoms. The molecular weight excluding hydrogens is 417 g/mol. The average molecular weight is 448 g/mol. The molecule has 172 valence electrons. The number of nitrogens with one attached hydrogen (secondary N) is 1. The molecule has 0 saturated carbocycles. The average Bonchev–Trinajstić information content (AvgIpc) is 2.82. The monoisotopic (exact) mass is 447 g/mol. The lowest BCUT2D eigenvalue weighted by Crippen LogP contribution is -2.36. The van der Waals surface area contributed by atoms with Crippen molar-refractivity contribution in [2.75, 3.05) is 36.5 Å². The van der Waals surface area contributed by atoms with E-state index in [2.05, 4.69) is 40.1 Å². The van der Waals surface area contributed by atoms with Gasteiger partial charge in [0.05, 0.1) is 59.6 Å². The number of hydrogen-bond donors (Lipinski definition) is 1. The summed E-state index contributed by atoms with van der Waals surface area (Å²) < 4.78 is 19.6. The number of hydrogen-bond acceptors (Lipinski definition) is 6. The summed E-state index contributed by atoms with van der Waals surface area (Å²) in [6, 6.07) is 6.83. The van der Waals surface area contributed by atoms with Gasteiger partial charge >= 0.3 is 0 Å². The van der Waals surface area contributed by atoms with Gasteiger partial charge in [0.1, 0.15) is 5.82 Å². The Hall–Kier alpha value is -3.32. The number of pyridine rings is 2. The van der Waals surface area contributed by atoms with E-state index in [4.69, 9.17) is 9.72 Å². The molecule has 0 radical (unpaired) electrons. The van der Waals surface area contributed by atoms with Crippen LogP contribution in [0, 0.1) is 5.82 Å². The van der Waals surface area contributed by atoms with Crippen molar-refractivity contribution < 1.29 is 9.13 Å². The lowest BCUT2D eigenvalue weighted by atomic mass is 9.94. The van der Waals surface area contributed by atoms with Crippen LogP contribution in [0.1, 0.15) is 44.9 Å². The minimum absolute atomic E-state index is 0.154. The Morgan fingerprint density at radius 2 is 1.97 bits per heavy atom. The Morgan fingerprint density at radius 1 is 1.18 bits per heavy atom. The number of aliphatic imine (C=N–C) groups is 1. The zero-order chi connectivity index (χ0) is 23.4. The highest BCUT2D eigenvalue weighted by atomic mass is 19.1. The fourth-order valence-electron chi connectivity index (χ4n) is 4.19. The molecule has 1 saturated heterocycles. The van der Waals surface area contributed by atoms with E-state index in [1.165, 1.54) is 12.1 Å². The highest BCUT2D eigenvalue weighted by Gasteiger charge is 2.21. The molecule has 0 unspecified atom stereocenters. The summed E-state index contributed by atoms with van der Waals surface area (Å²) in [4.78, 5) is 16.1. The van der Waals surface area contributed by atoms with Crippen molar-refractivity contribution in [1.29, 1.82) is 0 Å². The second-order valence-electron chi connectivity index (χ2n) is 8.28. The van der Waals surface area contributed by atoms with Crippen molar-refractivity contribution in [3.63, 3.8) is 0 Å². The van der Waals surface area contributed by atoms with Gasteiger partial charge < -0.3 is 15.0 Å². The highest BCUT2D eigenvalue weighted by molar-refractivity contribution is 5.97. The molecule has 0 aliphatic carbocycles. The summed E-state index contributed by atoms with van der Waals surface area (Å²) >= 11 is 0. The second-order valence-corrected chi connectivity index (χ2v) is 8.28. The number of benzene rings is 1. The largest absolute Gasteiger partial charge is 0.378 e. The maximum absolute atomic E-state index is 14.1. The van der Waals surface area contributed by atoms with Gasteiger partial charge in [-0.3, -0.25) is 9.98 Å². The first-order valence-corrected chi connectivity index (χ1v) is 11.3. The summed E-state index contributed by atoms with van der Waals surface area (Å²) in [5.41, 5.74) is 5.94. The number of anilines is 3. The van der Waals surface area contributed by atoms with E-state index >= 15 is 0 Å². The minimum atomic E-state index is -0.318. The predicted octanol–water partition coefficient (Wildman–Crippen LogP) is 5.92. The van der Waals surface area contributed by atoms with Gasteiger partial charge in [-0.15, -0.1) is 0 Å². The number of fused-ring (bicyclic) bond motifs is 1. The van der Waals surface area contributed by atoms with Crippen molar-refractivity contribution in [1.82, 2.24) is 9.97 Å². The molecule has 0 bridgehead atoms.